The minimum absolute atomic E-state index is 0.104. The van der Waals surface area contributed by atoms with E-state index in [0.717, 1.165) is 55.9 Å². The molecular formula is C37H49NO6S2. The molecule has 0 aromatic heterocycles. The molecule has 1 aromatic carbocycles. The van der Waals surface area contributed by atoms with Crippen LogP contribution in [0.4, 0.5) is 0 Å². The zero-order valence-corrected chi connectivity index (χ0v) is 29.4. The highest BCUT2D eigenvalue weighted by atomic mass is 32.2. The topological polar surface area (TPSA) is 82.1 Å². The number of fused-ring (bicyclic) bond motifs is 1. The number of benzene rings is 1. The summed E-state index contributed by atoms with van der Waals surface area (Å²) in [6, 6.07) is 10.7. The van der Waals surface area contributed by atoms with Gasteiger partial charge in [0.25, 0.3) is 0 Å². The quantitative estimate of drug-likeness (QED) is 0.119. The third-order valence-electron chi connectivity index (χ3n) is 11.2. The summed E-state index contributed by atoms with van der Waals surface area (Å²) < 4.78 is 17.8. The van der Waals surface area contributed by atoms with Gasteiger partial charge in [-0.3, -0.25) is 9.59 Å². The van der Waals surface area contributed by atoms with Crippen molar-refractivity contribution in [2.45, 2.75) is 90.4 Å². The van der Waals surface area contributed by atoms with Crippen molar-refractivity contribution in [2.75, 3.05) is 26.3 Å². The highest BCUT2D eigenvalue weighted by Crippen LogP contribution is 2.63. The molecule has 46 heavy (non-hydrogen) atoms. The van der Waals surface area contributed by atoms with Gasteiger partial charge in [-0.1, -0.05) is 80.3 Å². The SMILES string of the molecule is C=C1CC[C@@H]2[C@](C)(COC(C)=O)[C@H](OC(C)=O)CC[C@@]2(C)[C@@H]1C[C@H](SC(=S)N1CCC(Cc2ccccc2)CC1)C1=CCOC1=O. The Morgan fingerprint density at radius 3 is 2.46 bits per heavy atom. The van der Waals surface area contributed by atoms with Crippen LogP contribution >= 0.6 is 24.0 Å². The van der Waals surface area contributed by atoms with Gasteiger partial charge in [-0.2, -0.15) is 0 Å². The molecule has 1 aromatic rings. The van der Waals surface area contributed by atoms with Crippen molar-refractivity contribution in [2.24, 2.45) is 28.6 Å². The molecular weight excluding hydrogens is 619 g/mol. The summed E-state index contributed by atoms with van der Waals surface area (Å²) in [5.41, 5.74) is 2.53. The van der Waals surface area contributed by atoms with Crippen LogP contribution in [-0.4, -0.2) is 64.8 Å². The lowest BCUT2D eigenvalue weighted by Gasteiger charge is -2.60. The number of nitrogens with zero attached hydrogens (tertiary/aromatic N) is 1. The molecule has 4 aliphatic rings. The van der Waals surface area contributed by atoms with Crippen LogP contribution in [0, 0.1) is 28.6 Å². The predicted molar refractivity (Wildman–Crippen MR) is 185 cm³/mol. The minimum Gasteiger partial charge on any atom is -0.465 e. The summed E-state index contributed by atoms with van der Waals surface area (Å²) in [6.45, 7) is 14.2. The third kappa shape index (κ3) is 7.56. The number of piperidine rings is 1. The van der Waals surface area contributed by atoms with E-state index in [1.54, 1.807) is 11.8 Å². The number of allylic oxidation sites excluding steroid dienone is 1. The number of carbonyl (C=O) groups excluding carboxylic acids is 3. The minimum atomic E-state index is -0.545. The molecule has 2 aliphatic heterocycles. The number of thioether (sulfide) groups is 1. The van der Waals surface area contributed by atoms with E-state index in [-0.39, 0.29) is 53.1 Å². The lowest BCUT2D eigenvalue weighted by molar-refractivity contribution is -0.191. The standard InChI is InChI=1S/C37H49NO6S2/c1-24-11-12-32-36(4,17-13-33(44-26(3)40)37(32,5)23-43-25(2)39)30(24)22-31(29-16-20-42-34(29)41)46-35(45)38-18-14-28(15-19-38)21-27-9-7-6-8-10-27/h6-10,16,28,30-33H,1,11-15,17-23H2,2-5H3/t30-,31+,32+,33-,36+,37+/m1/s1. The van der Waals surface area contributed by atoms with E-state index >= 15 is 0 Å². The molecule has 6 atom stereocenters. The zero-order chi connectivity index (χ0) is 33.1. The fourth-order valence-electron chi connectivity index (χ4n) is 8.80. The average molecular weight is 668 g/mol. The Hall–Kier alpha value is -2.65. The number of rotatable bonds is 9. The number of esters is 3. The number of cyclic esters (lactones) is 1. The number of ether oxygens (including phenoxy) is 3. The first-order chi connectivity index (χ1) is 21.9. The molecule has 0 N–H and O–H groups in total. The van der Waals surface area contributed by atoms with Gasteiger partial charge in [-0.25, -0.2) is 4.79 Å². The molecule has 250 valence electrons. The summed E-state index contributed by atoms with van der Waals surface area (Å²) in [5, 5.41) is -0.159. The molecule has 3 fully saturated rings. The molecule has 7 nitrogen and oxygen atoms in total. The van der Waals surface area contributed by atoms with Crippen LogP contribution in [0.25, 0.3) is 0 Å². The highest BCUT2D eigenvalue weighted by Gasteiger charge is 2.60. The molecule has 1 saturated heterocycles. The lowest BCUT2D eigenvalue weighted by Crippen LogP contribution is -2.59. The van der Waals surface area contributed by atoms with Crippen LogP contribution in [0.3, 0.4) is 0 Å². The van der Waals surface area contributed by atoms with Crippen molar-refractivity contribution in [3.63, 3.8) is 0 Å². The van der Waals surface area contributed by atoms with Gasteiger partial charge >= 0.3 is 17.9 Å². The lowest BCUT2D eigenvalue weighted by atomic mass is 9.46. The van der Waals surface area contributed by atoms with Crippen molar-refractivity contribution >= 4 is 46.2 Å². The van der Waals surface area contributed by atoms with E-state index in [1.807, 2.05) is 6.08 Å². The van der Waals surface area contributed by atoms with E-state index in [9.17, 15) is 14.4 Å². The van der Waals surface area contributed by atoms with E-state index in [1.165, 1.54) is 25.0 Å². The normalized spacial score (nSPS) is 30.6. The van der Waals surface area contributed by atoms with E-state index < -0.39 is 5.41 Å². The van der Waals surface area contributed by atoms with E-state index in [4.69, 9.17) is 26.4 Å². The van der Waals surface area contributed by atoms with Crippen molar-refractivity contribution in [3.8, 4) is 0 Å². The van der Waals surface area contributed by atoms with Crippen molar-refractivity contribution < 1.29 is 28.6 Å². The molecule has 0 spiro atoms. The molecule has 9 heteroatoms. The Morgan fingerprint density at radius 2 is 1.83 bits per heavy atom. The summed E-state index contributed by atoms with van der Waals surface area (Å²) in [4.78, 5) is 39.4. The van der Waals surface area contributed by atoms with Gasteiger partial charge in [0.05, 0.1) is 5.57 Å². The smallest absolute Gasteiger partial charge is 0.335 e. The van der Waals surface area contributed by atoms with Gasteiger partial charge in [-0.05, 0) is 86.2 Å². The van der Waals surface area contributed by atoms with Gasteiger partial charge in [-0.15, -0.1) is 0 Å². The van der Waals surface area contributed by atoms with E-state index in [0.29, 0.717) is 30.9 Å². The first-order valence-electron chi connectivity index (χ1n) is 16.8. The summed E-state index contributed by atoms with van der Waals surface area (Å²) in [7, 11) is 0. The Kier molecular flexibility index (Phi) is 11.0. The molecule has 2 heterocycles. The average Bonchev–Trinajstić information content (AvgIpc) is 3.45. The Morgan fingerprint density at radius 1 is 1.11 bits per heavy atom. The first kappa shape index (κ1) is 34.7. The largest absolute Gasteiger partial charge is 0.465 e. The van der Waals surface area contributed by atoms with Crippen LogP contribution < -0.4 is 0 Å². The number of carbonyl (C=O) groups is 3. The van der Waals surface area contributed by atoms with Crippen molar-refractivity contribution in [1.29, 1.82) is 0 Å². The number of thiocarbonyl (C=S) groups is 1. The number of likely N-dealkylation sites (tertiary alicyclic amines) is 1. The maximum Gasteiger partial charge on any atom is 0.335 e. The van der Waals surface area contributed by atoms with Crippen LogP contribution in [-0.2, 0) is 35.0 Å². The zero-order valence-electron chi connectivity index (χ0n) is 27.8. The van der Waals surface area contributed by atoms with Crippen LogP contribution in [0.2, 0.25) is 0 Å². The first-order valence-corrected chi connectivity index (χ1v) is 18.0. The molecule has 0 bridgehead atoms. The summed E-state index contributed by atoms with van der Waals surface area (Å²) in [6.07, 6.45) is 8.78. The van der Waals surface area contributed by atoms with Gasteiger partial charge in [0.15, 0.2) is 0 Å². The second-order valence-corrected chi connectivity index (χ2v) is 16.1. The summed E-state index contributed by atoms with van der Waals surface area (Å²) >= 11 is 7.70. The van der Waals surface area contributed by atoms with Crippen molar-refractivity contribution in [3.05, 3.63) is 59.7 Å². The Bertz CT molecular complexity index is 1350. The van der Waals surface area contributed by atoms with Gasteiger partial charge in [0.1, 0.15) is 23.6 Å². The van der Waals surface area contributed by atoms with Crippen LogP contribution in [0.5, 0.6) is 0 Å². The fraction of sp³-hybridized carbons (Fsp3) is 0.622. The molecule has 2 aliphatic carbocycles. The van der Waals surface area contributed by atoms with Gasteiger partial charge < -0.3 is 19.1 Å². The second-order valence-electron chi connectivity index (χ2n) is 14.2. The fourth-order valence-corrected chi connectivity index (χ4v) is 10.5. The molecule has 0 unspecified atom stereocenters. The predicted octanol–water partition coefficient (Wildman–Crippen LogP) is 7.08. The monoisotopic (exact) mass is 667 g/mol. The Labute approximate surface area is 283 Å². The third-order valence-corrected chi connectivity index (χ3v) is 13.0. The van der Waals surface area contributed by atoms with Crippen LogP contribution in [0.15, 0.2) is 54.1 Å². The summed E-state index contributed by atoms with van der Waals surface area (Å²) in [5.74, 6) is -0.0530. The Balaban J connectivity index is 1.33. The number of hydrogen-bond donors (Lipinski definition) is 0. The van der Waals surface area contributed by atoms with Gasteiger partial charge in [0.2, 0.25) is 0 Å². The van der Waals surface area contributed by atoms with Crippen LogP contribution in [0.1, 0.15) is 78.2 Å². The number of hydrogen-bond acceptors (Lipinski definition) is 8. The highest BCUT2D eigenvalue weighted by molar-refractivity contribution is 8.23. The maximum atomic E-state index is 13.0. The molecule has 2 saturated carbocycles. The van der Waals surface area contributed by atoms with Gasteiger partial charge in [0, 0.05) is 37.6 Å². The molecule has 0 amide bonds. The second kappa shape index (κ2) is 14.6. The maximum absolute atomic E-state index is 13.0. The van der Waals surface area contributed by atoms with Crippen molar-refractivity contribution in [1.82, 2.24) is 4.90 Å². The molecule has 0 radical (unpaired) electrons. The van der Waals surface area contributed by atoms with E-state index in [2.05, 4.69) is 55.7 Å². The molecule has 5 rings (SSSR count).